The number of nitrogen functional groups attached to an aromatic ring is 1. The third-order valence-corrected chi connectivity index (χ3v) is 4.01. The van der Waals surface area contributed by atoms with E-state index in [1.807, 2.05) is 12.1 Å². The highest BCUT2D eigenvalue weighted by molar-refractivity contribution is 6.34. The van der Waals surface area contributed by atoms with Gasteiger partial charge >= 0.3 is 0 Å². The van der Waals surface area contributed by atoms with Crippen molar-refractivity contribution >= 4 is 17.3 Å². The van der Waals surface area contributed by atoms with E-state index >= 15 is 0 Å². The Morgan fingerprint density at radius 3 is 2.65 bits per heavy atom. The van der Waals surface area contributed by atoms with Crippen molar-refractivity contribution in [1.29, 1.82) is 0 Å². The molecule has 1 aliphatic heterocycles. The molecule has 20 heavy (non-hydrogen) atoms. The van der Waals surface area contributed by atoms with Crippen molar-refractivity contribution in [2.24, 2.45) is 0 Å². The Labute approximate surface area is 127 Å². The Bertz CT molecular complexity index is 726. The molecule has 2 aromatic carbocycles. The van der Waals surface area contributed by atoms with Gasteiger partial charge < -0.3 is 10.5 Å². The Balaban J connectivity index is 2.17. The number of nitrogens with two attached hydrogens (primary N) is 1. The van der Waals surface area contributed by atoms with Crippen LogP contribution in [0, 0.1) is 0 Å². The maximum Gasteiger partial charge on any atom is 0.132 e. The standard InChI is InChI=1S/C17H18ClNO/c1-10(2)11-3-5-12(6-4-11)14-9-15(19)16(18)13-7-8-20-17(13)14/h3-6,9-10H,7-8,19H2,1-2H3/i7D2. The van der Waals surface area contributed by atoms with Crippen molar-refractivity contribution in [3.8, 4) is 16.9 Å². The van der Waals surface area contributed by atoms with Gasteiger partial charge in [-0.15, -0.1) is 0 Å². The van der Waals surface area contributed by atoms with Gasteiger partial charge in [-0.1, -0.05) is 49.7 Å². The largest absolute Gasteiger partial charge is 0.492 e. The number of hydrogen-bond acceptors (Lipinski definition) is 2. The summed E-state index contributed by atoms with van der Waals surface area (Å²) in [7, 11) is 0. The van der Waals surface area contributed by atoms with E-state index < -0.39 is 6.37 Å². The zero-order valence-electron chi connectivity index (χ0n) is 13.5. The van der Waals surface area contributed by atoms with Gasteiger partial charge in [0, 0.05) is 20.2 Å². The van der Waals surface area contributed by atoms with Crippen LogP contribution in [0.2, 0.25) is 5.02 Å². The van der Waals surface area contributed by atoms with Crippen LogP contribution in [-0.2, 0) is 6.37 Å². The minimum Gasteiger partial charge on any atom is -0.492 e. The average Bonchev–Trinajstić information content (AvgIpc) is 2.79. The average molecular weight is 290 g/mol. The number of fused-ring (bicyclic) bond motifs is 1. The number of hydrogen-bond donors (Lipinski definition) is 1. The Kier molecular flexibility index (Phi) is 2.77. The summed E-state index contributed by atoms with van der Waals surface area (Å²) >= 11 is 6.20. The van der Waals surface area contributed by atoms with Crippen LogP contribution in [-0.4, -0.2) is 6.61 Å². The monoisotopic (exact) mass is 289 g/mol. The molecule has 0 amide bonds. The molecule has 0 spiro atoms. The maximum absolute atomic E-state index is 8.06. The van der Waals surface area contributed by atoms with Crippen LogP contribution >= 0.6 is 11.6 Å². The number of anilines is 1. The van der Waals surface area contributed by atoms with Crippen LogP contribution in [0.25, 0.3) is 11.1 Å². The van der Waals surface area contributed by atoms with E-state index in [1.54, 1.807) is 6.07 Å². The fraction of sp³-hybridized carbons (Fsp3) is 0.294. The molecule has 0 radical (unpaired) electrons. The lowest BCUT2D eigenvalue weighted by Gasteiger charge is -2.13. The smallest absolute Gasteiger partial charge is 0.132 e. The first-order valence-electron chi connectivity index (χ1n) is 7.67. The molecule has 0 atom stereocenters. The minimum atomic E-state index is -1.62. The van der Waals surface area contributed by atoms with Crippen LogP contribution in [0.4, 0.5) is 5.69 Å². The van der Waals surface area contributed by atoms with Gasteiger partial charge in [-0.25, -0.2) is 0 Å². The molecule has 104 valence electrons. The number of rotatable bonds is 2. The van der Waals surface area contributed by atoms with Crippen molar-refractivity contribution in [3.63, 3.8) is 0 Å². The molecule has 0 aromatic heterocycles. The minimum absolute atomic E-state index is 0.0391. The molecule has 2 aromatic rings. The van der Waals surface area contributed by atoms with Gasteiger partial charge in [-0.05, 0) is 23.1 Å². The molecule has 0 bridgehead atoms. The predicted octanol–water partition coefficient (Wildman–Crippen LogP) is 4.65. The molecule has 0 aliphatic carbocycles. The second-order valence-electron chi connectivity index (χ2n) is 5.27. The summed E-state index contributed by atoms with van der Waals surface area (Å²) in [5.74, 6) is 0.960. The second kappa shape index (κ2) is 5.02. The molecule has 1 heterocycles. The number of benzene rings is 2. The van der Waals surface area contributed by atoms with Crippen LogP contribution in [0.15, 0.2) is 30.3 Å². The van der Waals surface area contributed by atoms with Crippen LogP contribution in [0.1, 0.15) is 33.6 Å². The van der Waals surface area contributed by atoms with E-state index in [0.29, 0.717) is 22.9 Å². The molecule has 1 aliphatic rings. The Hall–Kier alpha value is -1.67. The van der Waals surface area contributed by atoms with E-state index in [1.165, 1.54) is 5.56 Å². The Morgan fingerprint density at radius 1 is 1.30 bits per heavy atom. The zero-order valence-corrected chi connectivity index (χ0v) is 12.3. The third kappa shape index (κ3) is 2.14. The summed E-state index contributed by atoms with van der Waals surface area (Å²) < 4.78 is 21.7. The molecule has 0 unspecified atom stereocenters. The highest BCUT2D eigenvalue weighted by Gasteiger charge is 2.22. The first-order chi connectivity index (χ1) is 10.3. The Morgan fingerprint density at radius 2 is 2.00 bits per heavy atom. The number of ether oxygens (including phenoxy) is 1. The van der Waals surface area contributed by atoms with Crippen LogP contribution < -0.4 is 10.5 Å². The summed E-state index contributed by atoms with van der Waals surface area (Å²) in [5.41, 5.74) is 9.69. The van der Waals surface area contributed by atoms with Gasteiger partial charge in [0.25, 0.3) is 0 Å². The molecule has 2 nitrogen and oxygen atoms in total. The normalized spacial score (nSPS) is 17.4. The molecule has 0 saturated heterocycles. The summed E-state index contributed by atoms with van der Waals surface area (Å²) in [5, 5.41) is 0.250. The van der Waals surface area contributed by atoms with E-state index in [4.69, 9.17) is 24.8 Å². The topological polar surface area (TPSA) is 35.2 Å². The van der Waals surface area contributed by atoms with E-state index in [-0.39, 0.29) is 11.6 Å². The molecule has 2 N–H and O–H groups in total. The zero-order chi connectivity index (χ0) is 16.1. The third-order valence-electron chi connectivity index (χ3n) is 3.60. The van der Waals surface area contributed by atoms with Crippen molar-refractivity contribution in [3.05, 3.63) is 46.5 Å². The maximum atomic E-state index is 8.06. The first kappa shape index (κ1) is 11.0. The van der Waals surface area contributed by atoms with Gasteiger partial charge in [0.1, 0.15) is 5.75 Å². The van der Waals surface area contributed by atoms with Crippen molar-refractivity contribution in [2.75, 3.05) is 12.3 Å². The lowest BCUT2D eigenvalue weighted by Crippen LogP contribution is -1.94. The molecule has 0 fully saturated rings. The lowest BCUT2D eigenvalue weighted by atomic mass is 9.96. The van der Waals surface area contributed by atoms with Crippen LogP contribution in [0.3, 0.4) is 0 Å². The molecular formula is C17H18ClNO. The quantitative estimate of drug-likeness (QED) is 0.817. The predicted molar refractivity (Wildman–Crippen MR) is 84.6 cm³/mol. The first-order valence-corrected chi connectivity index (χ1v) is 7.04. The van der Waals surface area contributed by atoms with Crippen molar-refractivity contribution < 1.29 is 7.48 Å². The van der Waals surface area contributed by atoms with Gasteiger partial charge in [-0.3, -0.25) is 0 Å². The highest BCUT2D eigenvalue weighted by Crippen LogP contribution is 2.43. The van der Waals surface area contributed by atoms with Gasteiger partial charge in [-0.2, -0.15) is 0 Å². The molecule has 3 heteroatoms. The fourth-order valence-corrected chi connectivity index (χ4v) is 2.62. The number of halogens is 1. The highest BCUT2D eigenvalue weighted by atomic mass is 35.5. The van der Waals surface area contributed by atoms with E-state index in [0.717, 1.165) is 11.1 Å². The van der Waals surface area contributed by atoms with Crippen molar-refractivity contribution in [1.82, 2.24) is 0 Å². The SMILES string of the molecule is [2H]C1([2H])COc2c(-c3ccc(C(C)C)cc3)cc(N)c(Cl)c21. The summed E-state index contributed by atoms with van der Waals surface area (Å²) in [6, 6.07) is 9.92. The van der Waals surface area contributed by atoms with E-state index in [9.17, 15) is 0 Å². The molecule has 0 saturated carbocycles. The van der Waals surface area contributed by atoms with Gasteiger partial charge in [0.05, 0.1) is 17.3 Å². The summed E-state index contributed by atoms with van der Waals surface area (Å²) in [6.45, 7) is 4.25. The summed E-state index contributed by atoms with van der Waals surface area (Å²) in [4.78, 5) is 0. The van der Waals surface area contributed by atoms with Gasteiger partial charge in [0.2, 0.25) is 0 Å². The second-order valence-corrected chi connectivity index (χ2v) is 5.65. The molecular weight excluding hydrogens is 270 g/mol. The fourth-order valence-electron chi connectivity index (χ4n) is 2.41. The van der Waals surface area contributed by atoms with Crippen molar-refractivity contribution in [2.45, 2.75) is 26.1 Å². The van der Waals surface area contributed by atoms with E-state index in [2.05, 4.69) is 26.0 Å². The van der Waals surface area contributed by atoms with Gasteiger partial charge in [0.15, 0.2) is 0 Å². The summed E-state index contributed by atoms with van der Waals surface area (Å²) in [6.07, 6.45) is -1.62. The lowest BCUT2D eigenvalue weighted by molar-refractivity contribution is 0.358. The molecule has 3 rings (SSSR count). The van der Waals surface area contributed by atoms with Crippen LogP contribution in [0.5, 0.6) is 5.75 Å².